The number of hydrogen-bond acceptors (Lipinski definition) is 3. The van der Waals surface area contributed by atoms with Gasteiger partial charge in [-0.25, -0.2) is 0 Å². The number of thioether (sulfide) groups is 1. The quantitative estimate of drug-likeness (QED) is 0.878. The molecule has 0 spiro atoms. The second-order valence-corrected chi connectivity index (χ2v) is 6.87. The van der Waals surface area contributed by atoms with E-state index in [0.717, 1.165) is 0 Å². The molecule has 1 aliphatic heterocycles. The van der Waals surface area contributed by atoms with E-state index in [0.29, 0.717) is 12.6 Å². The average Bonchev–Trinajstić information content (AvgIpc) is 2.39. The molecule has 1 aromatic rings. The summed E-state index contributed by atoms with van der Waals surface area (Å²) < 4.78 is 0. The van der Waals surface area contributed by atoms with Gasteiger partial charge in [-0.1, -0.05) is 26.0 Å². The molecule has 0 saturated heterocycles. The first-order valence-electron chi connectivity index (χ1n) is 6.71. The van der Waals surface area contributed by atoms with E-state index in [1.807, 2.05) is 18.8 Å². The van der Waals surface area contributed by atoms with E-state index in [-0.39, 0.29) is 5.41 Å². The number of nitrogens with two attached hydrogens (primary N) is 1. The van der Waals surface area contributed by atoms with Crippen molar-refractivity contribution in [1.82, 2.24) is 5.32 Å². The molecular weight excluding hydrogens is 240 g/mol. The maximum Gasteiger partial charge on any atom is 0.0381 e. The Morgan fingerprint density at radius 3 is 2.89 bits per heavy atom. The summed E-state index contributed by atoms with van der Waals surface area (Å²) in [6.45, 7) is 5.13. The molecule has 3 heteroatoms. The van der Waals surface area contributed by atoms with Crippen molar-refractivity contribution in [2.24, 2.45) is 11.1 Å². The standard InChI is InChI=1S/C15H24N2S/c1-15(2,10-16)14(17-3)12-6-7-13-11(9-12)5-4-8-18-13/h6-7,9,14,17H,4-5,8,10,16H2,1-3H3. The number of benzene rings is 1. The van der Waals surface area contributed by atoms with Crippen LogP contribution in [0.15, 0.2) is 23.1 Å². The molecule has 0 radical (unpaired) electrons. The molecule has 0 saturated carbocycles. The molecule has 100 valence electrons. The molecule has 3 N–H and O–H groups in total. The first kappa shape index (κ1) is 13.9. The lowest BCUT2D eigenvalue weighted by Crippen LogP contribution is -2.37. The van der Waals surface area contributed by atoms with Crippen molar-refractivity contribution in [3.63, 3.8) is 0 Å². The molecule has 0 fully saturated rings. The number of rotatable bonds is 4. The van der Waals surface area contributed by atoms with Crippen molar-refractivity contribution < 1.29 is 0 Å². The Labute approximate surface area is 115 Å². The Bertz CT molecular complexity index is 415. The van der Waals surface area contributed by atoms with Gasteiger partial charge in [-0.2, -0.15) is 0 Å². The predicted molar refractivity (Wildman–Crippen MR) is 80.1 cm³/mol. The van der Waals surface area contributed by atoms with Gasteiger partial charge in [0.1, 0.15) is 0 Å². The lowest BCUT2D eigenvalue weighted by Gasteiger charge is -2.34. The number of fused-ring (bicyclic) bond motifs is 1. The molecule has 1 unspecified atom stereocenters. The van der Waals surface area contributed by atoms with Crippen LogP contribution in [0.1, 0.15) is 37.4 Å². The van der Waals surface area contributed by atoms with E-state index in [2.05, 4.69) is 37.4 Å². The molecule has 18 heavy (non-hydrogen) atoms. The molecule has 0 bridgehead atoms. The van der Waals surface area contributed by atoms with Crippen LogP contribution in [0.3, 0.4) is 0 Å². The average molecular weight is 264 g/mol. The fraction of sp³-hybridized carbons (Fsp3) is 0.600. The summed E-state index contributed by atoms with van der Waals surface area (Å²) in [5.41, 5.74) is 8.87. The van der Waals surface area contributed by atoms with Gasteiger partial charge in [0.2, 0.25) is 0 Å². The number of hydrogen-bond donors (Lipinski definition) is 2. The molecule has 1 aromatic carbocycles. The van der Waals surface area contributed by atoms with Crippen LogP contribution in [0, 0.1) is 5.41 Å². The Kier molecular flexibility index (Phi) is 4.36. The SMILES string of the molecule is CNC(c1ccc2c(c1)CCCS2)C(C)(C)CN. The fourth-order valence-corrected chi connectivity index (χ4v) is 3.71. The Morgan fingerprint density at radius 1 is 1.44 bits per heavy atom. The van der Waals surface area contributed by atoms with E-state index in [1.54, 1.807) is 0 Å². The van der Waals surface area contributed by atoms with E-state index < -0.39 is 0 Å². The van der Waals surface area contributed by atoms with Gasteiger partial charge in [0.15, 0.2) is 0 Å². The highest BCUT2D eigenvalue weighted by Crippen LogP contribution is 2.36. The summed E-state index contributed by atoms with van der Waals surface area (Å²) in [6, 6.07) is 7.24. The van der Waals surface area contributed by atoms with Crippen LogP contribution in [0.4, 0.5) is 0 Å². The highest BCUT2D eigenvalue weighted by molar-refractivity contribution is 7.99. The predicted octanol–water partition coefficient (Wildman–Crippen LogP) is 2.97. The van der Waals surface area contributed by atoms with Gasteiger partial charge in [0.05, 0.1) is 0 Å². The largest absolute Gasteiger partial charge is 0.330 e. The zero-order valence-corrected chi connectivity index (χ0v) is 12.4. The van der Waals surface area contributed by atoms with Crippen LogP contribution in [0.25, 0.3) is 0 Å². The highest BCUT2D eigenvalue weighted by Gasteiger charge is 2.28. The molecule has 0 amide bonds. The zero-order valence-electron chi connectivity index (χ0n) is 11.6. The Morgan fingerprint density at radius 2 is 2.22 bits per heavy atom. The minimum Gasteiger partial charge on any atom is -0.330 e. The van der Waals surface area contributed by atoms with E-state index in [4.69, 9.17) is 5.73 Å². The fourth-order valence-electron chi connectivity index (χ4n) is 2.69. The topological polar surface area (TPSA) is 38.0 Å². The van der Waals surface area contributed by atoms with Crippen molar-refractivity contribution in [2.45, 2.75) is 37.6 Å². The van der Waals surface area contributed by atoms with Crippen molar-refractivity contribution in [3.05, 3.63) is 29.3 Å². The second kappa shape index (κ2) is 5.64. The van der Waals surface area contributed by atoms with Crippen LogP contribution in [-0.2, 0) is 6.42 Å². The summed E-state index contributed by atoms with van der Waals surface area (Å²) >= 11 is 1.98. The molecule has 1 atom stereocenters. The number of nitrogens with one attached hydrogen (secondary N) is 1. The van der Waals surface area contributed by atoms with Gasteiger partial charge >= 0.3 is 0 Å². The van der Waals surface area contributed by atoms with Gasteiger partial charge < -0.3 is 11.1 Å². The third-order valence-corrected chi connectivity index (χ3v) is 5.06. The Balaban J connectivity index is 2.32. The van der Waals surface area contributed by atoms with Gasteiger partial charge in [0.25, 0.3) is 0 Å². The van der Waals surface area contributed by atoms with Crippen molar-refractivity contribution in [2.75, 3.05) is 19.3 Å². The third kappa shape index (κ3) is 2.73. The van der Waals surface area contributed by atoms with Crippen molar-refractivity contribution in [3.8, 4) is 0 Å². The first-order valence-corrected chi connectivity index (χ1v) is 7.70. The molecular formula is C15H24N2S. The summed E-state index contributed by atoms with van der Waals surface area (Å²) in [7, 11) is 2.02. The minimum absolute atomic E-state index is 0.0742. The van der Waals surface area contributed by atoms with Crippen LogP contribution >= 0.6 is 11.8 Å². The molecule has 1 heterocycles. The summed E-state index contributed by atoms with van der Waals surface area (Å²) in [5, 5.41) is 3.43. The Hall–Kier alpha value is -0.510. The van der Waals surface area contributed by atoms with Gasteiger partial charge in [-0.05, 0) is 54.8 Å². The first-order chi connectivity index (χ1) is 8.58. The summed E-state index contributed by atoms with van der Waals surface area (Å²) in [5.74, 6) is 1.26. The molecule has 2 rings (SSSR count). The maximum atomic E-state index is 5.91. The number of aryl methyl sites for hydroxylation is 1. The molecule has 2 nitrogen and oxygen atoms in total. The van der Waals surface area contributed by atoms with E-state index >= 15 is 0 Å². The highest BCUT2D eigenvalue weighted by atomic mass is 32.2. The van der Waals surface area contributed by atoms with Crippen LogP contribution < -0.4 is 11.1 Å². The van der Waals surface area contributed by atoms with Crippen molar-refractivity contribution >= 4 is 11.8 Å². The molecule has 1 aliphatic rings. The van der Waals surface area contributed by atoms with Crippen LogP contribution in [0.5, 0.6) is 0 Å². The normalized spacial score (nSPS) is 17.3. The lowest BCUT2D eigenvalue weighted by atomic mass is 9.80. The van der Waals surface area contributed by atoms with Gasteiger partial charge in [0, 0.05) is 10.9 Å². The van der Waals surface area contributed by atoms with E-state index in [9.17, 15) is 0 Å². The monoisotopic (exact) mass is 264 g/mol. The van der Waals surface area contributed by atoms with Gasteiger partial charge in [-0.15, -0.1) is 11.8 Å². The van der Waals surface area contributed by atoms with Crippen molar-refractivity contribution in [1.29, 1.82) is 0 Å². The zero-order chi connectivity index (χ0) is 13.2. The smallest absolute Gasteiger partial charge is 0.0381 e. The summed E-state index contributed by atoms with van der Waals surface area (Å²) in [4.78, 5) is 1.46. The van der Waals surface area contributed by atoms with Gasteiger partial charge in [-0.3, -0.25) is 0 Å². The maximum absolute atomic E-state index is 5.91. The van der Waals surface area contributed by atoms with E-state index in [1.165, 1.54) is 34.6 Å². The third-order valence-electron chi connectivity index (χ3n) is 3.86. The minimum atomic E-state index is 0.0742. The summed E-state index contributed by atoms with van der Waals surface area (Å²) in [6.07, 6.45) is 2.52. The molecule has 0 aromatic heterocycles. The van der Waals surface area contributed by atoms with Crippen LogP contribution in [-0.4, -0.2) is 19.3 Å². The lowest BCUT2D eigenvalue weighted by molar-refractivity contribution is 0.265. The molecule has 0 aliphatic carbocycles. The second-order valence-electron chi connectivity index (χ2n) is 5.73. The van der Waals surface area contributed by atoms with Crippen LogP contribution in [0.2, 0.25) is 0 Å².